The molecule has 1 unspecified atom stereocenters. The van der Waals surface area contributed by atoms with E-state index in [2.05, 4.69) is 10.0 Å². The van der Waals surface area contributed by atoms with Crippen LogP contribution in [-0.4, -0.2) is 31.7 Å². The summed E-state index contributed by atoms with van der Waals surface area (Å²) < 4.78 is 25.3. The molecule has 0 aromatic heterocycles. The quantitative estimate of drug-likeness (QED) is 0.703. The first-order valence-corrected chi connectivity index (χ1v) is 6.80. The van der Waals surface area contributed by atoms with Gasteiger partial charge in [0.2, 0.25) is 10.0 Å². The van der Waals surface area contributed by atoms with Gasteiger partial charge in [-0.05, 0) is 39.2 Å². The number of hydrogen-bond donors (Lipinski definition) is 2. The Balaban J connectivity index is 2.02. The highest BCUT2D eigenvalue weighted by Gasteiger charge is 2.42. The van der Waals surface area contributed by atoms with Gasteiger partial charge in [0.1, 0.15) is 0 Å². The molecule has 86 valence electrons. The molecule has 1 aliphatic heterocycles. The maximum absolute atomic E-state index is 11.8. The van der Waals surface area contributed by atoms with Gasteiger partial charge in [0.05, 0.1) is 10.8 Å². The van der Waals surface area contributed by atoms with Crippen LogP contribution in [0.1, 0.15) is 32.6 Å². The van der Waals surface area contributed by atoms with Crippen LogP contribution < -0.4 is 10.0 Å². The molecule has 1 atom stereocenters. The molecule has 1 saturated carbocycles. The molecule has 1 aliphatic carbocycles. The molecule has 0 aromatic rings. The number of carbonyl (C=O) groups excluding carboxylic acids is 1. The van der Waals surface area contributed by atoms with E-state index in [-0.39, 0.29) is 5.25 Å². The molecule has 2 N–H and O–H groups in total. The van der Waals surface area contributed by atoms with Crippen molar-refractivity contribution in [3.63, 3.8) is 0 Å². The van der Waals surface area contributed by atoms with Crippen LogP contribution in [0.2, 0.25) is 0 Å². The molecule has 2 aliphatic rings. The second-order valence-electron chi connectivity index (χ2n) is 4.54. The number of sulfonamides is 1. The van der Waals surface area contributed by atoms with Crippen molar-refractivity contribution in [2.75, 3.05) is 6.54 Å². The lowest BCUT2D eigenvalue weighted by Crippen LogP contribution is -2.53. The first-order valence-electron chi connectivity index (χ1n) is 5.25. The SMILES string of the molecule is CC1(C(=O)NS(=O)(=O)C2CC2)CCCN1. The lowest BCUT2D eigenvalue weighted by Gasteiger charge is -2.22. The predicted molar refractivity (Wildman–Crippen MR) is 55.7 cm³/mol. The van der Waals surface area contributed by atoms with Gasteiger partial charge in [0.15, 0.2) is 0 Å². The van der Waals surface area contributed by atoms with E-state index in [4.69, 9.17) is 0 Å². The van der Waals surface area contributed by atoms with Gasteiger partial charge in [-0.15, -0.1) is 0 Å². The minimum Gasteiger partial charge on any atom is -0.304 e. The van der Waals surface area contributed by atoms with Gasteiger partial charge in [0, 0.05) is 0 Å². The van der Waals surface area contributed by atoms with Crippen molar-refractivity contribution in [1.82, 2.24) is 10.0 Å². The van der Waals surface area contributed by atoms with Crippen LogP contribution in [0, 0.1) is 0 Å². The Morgan fingerprint density at radius 3 is 2.60 bits per heavy atom. The molecule has 15 heavy (non-hydrogen) atoms. The summed E-state index contributed by atoms with van der Waals surface area (Å²) in [4.78, 5) is 11.8. The molecule has 0 spiro atoms. The molecule has 0 aromatic carbocycles. The number of hydrogen-bond acceptors (Lipinski definition) is 4. The number of nitrogens with one attached hydrogen (secondary N) is 2. The van der Waals surface area contributed by atoms with Gasteiger partial charge >= 0.3 is 0 Å². The van der Waals surface area contributed by atoms with Gasteiger partial charge in [0.25, 0.3) is 5.91 Å². The van der Waals surface area contributed by atoms with E-state index in [0.29, 0.717) is 19.3 Å². The molecule has 1 heterocycles. The minimum absolute atomic E-state index is 0.341. The van der Waals surface area contributed by atoms with Crippen LogP contribution in [0.4, 0.5) is 0 Å². The average Bonchev–Trinajstić information content (AvgIpc) is 2.90. The fraction of sp³-hybridized carbons (Fsp3) is 0.889. The second-order valence-corrected chi connectivity index (χ2v) is 6.50. The molecule has 2 rings (SSSR count). The van der Waals surface area contributed by atoms with E-state index in [1.807, 2.05) is 0 Å². The fourth-order valence-electron chi connectivity index (χ4n) is 1.79. The zero-order chi connectivity index (χ0) is 11.1. The molecular formula is C9H16N2O3S. The van der Waals surface area contributed by atoms with Gasteiger partial charge in [-0.1, -0.05) is 0 Å². The number of carbonyl (C=O) groups is 1. The van der Waals surface area contributed by atoms with Crippen LogP contribution >= 0.6 is 0 Å². The topological polar surface area (TPSA) is 75.3 Å². The Hall–Kier alpha value is -0.620. The molecule has 5 nitrogen and oxygen atoms in total. The summed E-state index contributed by atoms with van der Waals surface area (Å²) in [6.45, 7) is 2.52. The summed E-state index contributed by atoms with van der Waals surface area (Å²) in [6, 6.07) is 0. The lowest BCUT2D eigenvalue weighted by atomic mass is 10.0. The van der Waals surface area contributed by atoms with E-state index < -0.39 is 21.5 Å². The highest BCUT2D eigenvalue weighted by atomic mass is 32.2. The van der Waals surface area contributed by atoms with Crippen LogP contribution in [0.15, 0.2) is 0 Å². The normalized spacial score (nSPS) is 31.5. The maximum atomic E-state index is 11.8. The minimum atomic E-state index is -3.40. The zero-order valence-corrected chi connectivity index (χ0v) is 9.56. The first kappa shape index (κ1) is 10.9. The summed E-state index contributed by atoms with van der Waals surface area (Å²) in [5.41, 5.74) is -0.706. The first-order chi connectivity index (χ1) is 6.94. The van der Waals surface area contributed by atoms with Crippen molar-refractivity contribution in [3.05, 3.63) is 0 Å². The monoisotopic (exact) mass is 232 g/mol. The van der Waals surface area contributed by atoms with Crippen molar-refractivity contribution in [1.29, 1.82) is 0 Å². The zero-order valence-electron chi connectivity index (χ0n) is 8.75. The molecule has 1 amide bonds. The molecule has 0 bridgehead atoms. The average molecular weight is 232 g/mol. The number of amides is 1. The van der Waals surface area contributed by atoms with Crippen LogP contribution in [0.5, 0.6) is 0 Å². The predicted octanol–water partition coefficient (Wildman–Crippen LogP) is -0.263. The van der Waals surface area contributed by atoms with E-state index in [9.17, 15) is 13.2 Å². The summed E-state index contributed by atoms with van der Waals surface area (Å²) in [7, 11) is -3.40. The Labute approximate surface area is 89.7 Å². The molecular weight excluding hydrogens is 216 g/mol. The van der Waals surface area contributed by atoms with Crippen molar-refractivity contribution < 1.29 is 13.2 Å². The van der Waals surface area contributed by atoms with Crippen LogP contribution in [-0.2, 0) is 14.8 Å². The Kier molecular flexibility index (Phi) is 2.50. The third-order valence-electron chi connectivity index (χ3n) is 3.07. The maximum Gasteiger partial charge on any atom is 0.253 e. The van der Waals surface area contributed by atoms with Crippen molar-refractivity contribution >= 4 is 15.9 Å². The standard InChI is InChI=1S/C9H16N2O3S/c1-9(5-2-6-10-9)8(12)11-15(13,14)7-3-4-7/h7,10H,2-6H2,1H3,(H,11,12). The Morgan fingerprint density at radius 2 is 2.13 bits per heavy atom. The lowest BCUT2D eigenvalue weighted by molar-refractivity contribution is -0.124. The van der Waals surface area contributed by atoms with Gasteiger partial charge in [-0.25, -0.2) is 8.42 Å². The van der Waals surface area contributed by atoms with Crippen LogP contribution in [0.25, 0.3) is 0 Å². The summed E-state index contributed by atoms with van der Waals surface area (Å²) in [5, 5.41) is 2.70. The Bertz CT molecular complexity index is 367. The molecule has 6 heteroatoms. The summed E-state index contributed by atoms with van der Waals surface area (Å²) in [6.07, 6.45) is 2.95. The van der Waals surface area contributed by atoms with Crippen molar-refractivity contribution in [2.24, 2.45) is 0 Å². The number of rotatable bonds is 3. The summed E-state index contributed by atoms with van der Waals surface area (Å²) in [5.74, 6) is -0.410. The highest BCUT2D eigenvalue weighted by Crippen LogP contribution is 2.28. The van der Waals surface area contributed by atoms with E-state index >= 15 is 0 Å². The van der Waals surface area contributed by atoms with Gasteiger partial charge in [-0.2, -0.15) is 0 Å². The van der Waals surface area contributed by atoms with Crippen molar-refractivity contribution in [3.8, 4) is 0 Å². The summed E-state index contributed by atoms with van der Waals surface area (Å²) >= 11 is 0. The molecule has 2 fully saturated rings. The third kappa shape index (κ3) is 2.15. The van der Waals surface area contributed by atoms with Gasteiger partial charge in [-0.3, -0.25) is 9.52 Å². The van der Waals surface area contributed by atoms with E-state index in [1.165, 1.54) is 0 Å². The largest absolute Gasteiger partial charge is 0.304 e. The molecule has 0 radical (unpaired) electrons. The van der Waals surface area contributed by atoms with Crippen LogP contribution in [0.3, 0.4) is 0 Å². The smallest absolute Gasteiger partial charge is 0.253 e. The molecule has 1 saturated heterocycles. The van der Waals surface area contributed by atoms with Crippen molar-refractivity contribution in [2.45, 2.75) is 43.4 Å². The van der Waals surface area contributed by atoms with E-state index in [1.54, 1.807) is 6.92 Å². The second kappa shape index (κ2) is 3.45. The van der Waals surface area contributed by atoms with E-state index in [0.717, 1.165) is 13.0 Å². The highest BCUT2D eigenvalue weighted by molar-refractivity contribution is 7.90. The Morgan fingerprint density at radius 1 is 1.47 bits per heavy atom. The van der Waals surface area contributed by atoms with Gasteiger partial charge < -0.3 is 5.32 Å². The third-order valence-corrected chi connectivity index (χ3v) is 4.89. The fourth-order valence-corrected chi connectivity index (χ4v) is 3.20.